The van der Waals surface area contributed by atoms with Crippen molar-refractivity contribution in [1.82, 2.24) is 5.06 Å². The highest BCUT2D eigenvalue weighted by molar-refractivity contribution is 5.93. The fraction of sp³-hybridized carbons (Fsp3) is 0.300. The smallest absolute Gasteiger partial charge is 0.271 e. The van der Waals surface area contributed by atoms with Gasteiger partial charge in [-0.25, -0.2) is 5.06 Å². The van der Waals surface area contributed by atoms with Gasteiger partial charge >= 0.3 is 0 Å². The first-order chi connectivity index (χ1) is 6.25. The van der Waals surface area contributed by atoms with Crippen LogP contribution in [-0.4, -0.2) is 24.6 Å². The van der Waals surface area contributed by atoms with Gasteiger partial charge in [-0.15, -0.1) is 0 Å². The lowest BCUT2D eigenvalue weighted by atomic mass is 10.2. The molecule has 0 aliphatic carbocycles. The van der Waals surface area contributed by atoms with Gasteiger partial charge in [0.25, 0.3) is 5.91 Å². The second kappa shape index (κ2) is 4.62. The number of hydrogen-bond acceptors (Lipinski definition) is 2. The largest absolute Gasteiger partial charge is 0.277 e. The minimum atomic E-state index is -0.123. The zero-order valence-electron chi connectivity index (χ0n) is 7.86. The molecule has 0 heterocycles. The number of hydroxylamine groups is 2. The molecule has 70 valence electrons. The lowest BCUT2D eigenvalue weighted by Crippen LogP contribution is -2.26. The predicted octanol–water partition coefficient (Wildman–Crippen LogP) is 1.71. The molecule has 13 heavy (non-hydrogen) atoms. The Morgan fingerprint density at radius 3 is 2.54 bits per heavy atom. The molecular formula is C10H13NO2. The van der Waals surface area contributed by atoms with Crippen LogP contribution in [0.25, 0.3) is 0 Å². The number of carbonyl (C=O) groups is 1. The fourth-order valence-corrected chi connectivity index (χ4v) is 1.01. The van der Waals surface area contributed by atoms with Gasteiger partial charge in [-0.3, -0.25) is 9.63 Å². The van der Waals surface area contributed by atoms with Crippen LogP contribution in [0.2, 0.25) is 0 Å². The van der Waals surface area contributed by atoms with Crippen molar-refractivity contribution in [1.29, 1.82) is 0 Å². The van der Waals surface area contributed by atoms with Crippen LogP contribution in [-0.2, 0) is 4.84 Å². The van der Waals surface area contributed by atoms with E-state index >= 15 is 0 Å². The topological polar surface area (TPSA) is 29.5 Å². The van der Waals surface area contributed by atoms with E-state index < -0.39 is 0 Å². The molecular weight excluding hydrogens is 166 g/mol. The molecule has 0 aromatic heterocycles. The average Bonchev–Trinajstić information content (AvgIpc) is 2.18. The summed E-state index contributed by atoms with van der Waals surface area (Å²) in [6.45, 7) is 2.34. The Morgan fingerprint density at radius 1 is 1.38 bits per heavy atom. The van der Waals surface area contributed by atoms with Crippen molar-refractivity contribution in [3.05, 3.63) is 35.9 Å². The maximum Gasteiger partial charge on any atom is 0.277 e. The van der Waals surface area contributed by atoms with Gasteiger partial charge in [0.15, 0.2) is 0 Å². The third kappa shape index (κ3) is 2.56. The number of carbonyl (C=O) groups excluding carboxylic acids is 1. The molecule has 1 rings (SSSR count). The molecule has 0 radical (unpaired) electrons. The first-order valence-corrected chi connectivity index (χ1v) is 4.21. The van der Waals surface area contributed by atoms with Crippen LogP contribution in [0.1, 0.15) is 17.3 Å². The van der Waals surface area contributed by atoms with E-state index in [1.807, 2.05) is 25.1 Å². The molecule has 3 heteroatoms. The van der Waals surface area contributed by atoms with Crippen molar-refractivity contribution >= 4 is 5.91 Å². The SMILES string of the molecule is CCON(C)C(=O)c1ccccc1. The Balaban J connectivity index is 2.68. The molecule has 3 nitrogen and oxygen atoms in total. The Hall–Kier alpha value is -1.35. The minimum absolute atomic E-state index is 0.123. The summed E-state index contributed by atoms with van der Waals surface area (Å²) in [5, 5.41) is 1.25. The maximum atomic E-state index is 11.5. The first kappa shape index (κ1) is 9.74. The molecule has 0 saturated heterocycles. The van der Waals surface area contributed by atoms with Crippen LogP contribution < -0.4 is 0 Å². The van der Waals surface area contributed by atoms with Gasteiger partial charge in [-0.2, -0.15) is 0 Å². The summed E-state index contributed by atoms with van der Waals surface area (Å²) < 4.78 is 0. The van der Waals surface area contributed by atoms with E-state index in [2.05, 4.69) is 0 Å². The van der Waals surface area contributed by atoms with Gasteiger partial charge in [-0.1, -0.05) is 18.2 Å². The van der Waals surface area contributed by atoms with E-state index in [-0.39, 0.29) is 5.91 Å². The lowest BCUT2D eigenvalue weighted by molar-refractivity contribution is -0.100. The van der Waals surface area contributed by atoms with Gasteiger partial charge in [0.2, 0.25) is 0 Å². The monoisotopic (exact) mass is 179 g/mol. The Labute approximate surface area is 77.9 Å². The molecule has 1 aromatic carbocycles. The van der Waals surface area contributed by atoms with Crippen molar-refractivity contribution < 1.29 is 9.63 Å². The van der Waals surface area contributed by atoms with Crippen molar-refractivity contribution in [3.63, 3.8) is 0 Å². The minimum Gasteiger partial charge on any atom is -0.271 e. The number of benzene rings is 1. The highest BCUT2D eigenvalue weighted by atomic mass is 16.7. The first-order valence-electron chi connectivity index (χ1n) is 4.21. The zero-order chi connectivity index (χ0) is 9.68. The predicted molar refractivity (Wildman–Crippen MR) is 50.2 cm³/mol. The number of amides is 1. The Morgan fingerprint density at radius 2 is 2.00 bits per heavy atom. The summed E-state index contributed by atoms with van der Waals surface area (Å²) in [7, 11) is 1.61. The second-order valence-corrected chi connectivity index (χ2v) is 2.59. The number of hydrogen-bond donors (Lipinski definition) is 0. The number of rotatable bonds is 3. The quantitative estimate of drug-likeness (QED) is 0.661. The van der Waals surface area contributed by atoms with E-state index in [4.69, 9.17) is 4.84 Å². The standard InChI is InChI=1S/C10H13NO2/c1-3-13-11(2)10(12)9-7-5-4-6-8-9/h4-8H,3H2,1-2H3. The van der Waals surface area contributed by atoms with Crippen molar-refractivity contribution in [2.24, 2.45) is 0 Å². The summed E-state index contributed by atoms with van der Waals surface area (Å²) in [4.78, 5) is 16.6. The van der Waals surface area contributed by atoms with Crippen molar-refractivity contribution in [3.8, 4) is 0 Å². The molecule has 0 aliphatic rings. The molecule has 0 unspecified atom stereocenters. The molecule has 0 bridgehead atoms. The van der Waals surface area contributed by atoms with Crippen LogP contribution in [0, 0.1) is 0 Å². The van der Waals surface area contributed by atoms with E-state index in [0.717, 1.165) is 0 Å². The normalized spacial score (nSPS) is 9.69. The van der Waals surface area contributed by atoms with Crippen LogP contribution >= 0.6 is 0 Å². The van der Waals surface area contributed by atoms with Gasteiger partial charge in [0.1, 0.15) is 0 Å². The summed E-state index contributed by atoms with van der Waals surface area (Å²) in [6.07, 6.45) is 0. The summed E-state index contributed by atoms with van der Waals surface area (Å²) in [5.74, 6) is -0.123. The molecule has 0 spiro atoms. The van der Waals surface area contributed by atoms with E-state index in [1.54, 1.807) is 19.2 Å². The number of nitrogens with zero attached hydrogens (tertiary/aromatic N) is 1. The second-order valence-electron chi connectivity index (χ2n) is 2.59. The van der Waals surface area contributed by atoms with Crippen LogP contribution in [0.4, 0.5) is 0 Å². The fourth-order valence-electron chi connectivity index (χ4n) is 1.01. The summed E-state index contributed by atoms with van der Waals surface area (Å²) >= 11 is 0. The Kier molecular flexibility index (Phi) is 3.46. The Bertz CT molecular complexity index is 272. The van der Waals surface area contributed by atoms with Gasteiger partial charge in [-0.05, 0) is 19.1 Å². The highest BCUT2D eigenvalue weighted by Crippen LogP contribution is 2.02. The third-order valence-electron chi connectivity index (χ3n) is 1.63. The van der Waals surface area contributed by atoms with E-state index in [0.29, 0.717) is 12.2 Å². The van der Waals surface area contributed by atoms with Gasteiger partial charge in [0.05, 0.1) is 6.61 Å². The maximum absolute atomic E-state index is 11.5. The molecule has 1 amide bonds. The third-order valence-corrected chi connectivity index (χ3v) is 1.63. The van der Waals surface area contributed by atoms with Gasteiger partial charge < -0.3 is 0 Å². The molecule has 0 aliphatic heterocycles. The zero-order valence-corrected chi connectivity index (χ0v) is 7.86. The molecule has 0 saturated carbocycles. The summed E-state index contributed by atoms with van der Waals surface area (Å²) in [6, 6.07) is 9.05. The van der Waals surface area contributed by atoms with Crippen LogP contribution in [0.15, 0.2) is 30.3 Å². The molecule has 1 aromatic rings. The van der Waals surface area contributed by atoms with E-state index in [9.17, 15) is 4.79 Å². The van der Waals surface area contributed by atoms with Crippen molar-refractivity contribution in [2.45, 2.75) is 6.92 Å². The van der Waals surface area contributed by atoms with Crippen molar-refractivity contribution in [2.75, 3.05) is 13.7 Å². The van der Waals surface area contributed by atoms with Crippen LogP contribution in [0.3, 0.4) is 0 Å². The lowest BCUT2D eigenvalue weighted by Gasteiger charge is -2.15. The molecule has 0 N–H and O–H groups in total. The molecule has 0 fully saturated rings. The summed E-state index contributed by atoms with van der Waals surface area (Å²) in [5.41, 5.74) is 0.637. The average molecular weight is 179 g/mol. The van der Waals surface area contributed by atoms with Gasteiger partial charge in [0, 0.05) is 12.6 Å². The highest BCUT2D eigenvalue weighted by Gasteiger charge is 2.09. The van der Waals surface area contributed by atoms with E-state index in [1.165, 1.54) is 5.06 Å². The molecule has 0 atom stereocenters. The van der Waals surface area contributed by atoms with Crippen LogP contribution in [0.5, 0.6) is 0 Å².